The number of esters is 1. The fourth-order valence-corrected chi connectivity index (χ4v) is 2.32. The molecule has 4 heteroatoms. The van der Waals surface area contributed by atoms with Gasteiger partial charge in [0.2, 0.25) is 0 Å². The van der Waals surface area contributed by atoms with Crippen LogP contribution in [0, 0.1) is 0 Å². The summed E-state index contributed by atoms with van der Waals surface area (Å²) in [5.41, 5.74) is 0.554. The van der Waals surface area contributed by atoms with Crippen LogP contribution in [0.25, 0.3) is 0 Å². The van der Waals surface area contributed by atoms with Gasteiger partial charge in [0.15, 0.2) is 0 Å². The highest BCUT2D eigenvalue weighted by atomic mass is 35.5. The maximum Gasteiger partial charge on any atom is 0.321 e. The van der Waals surface area contributed by atoms with E-state index < -0.39 is 5.60 Å². The van der Waals surface area contributed by atoms with E-state index in [1.807, 2.05) is 30.3 Å². The Morgan fingerprint density at radius 1 is 1.29 bits per heavy atom. The molecule has 0 aromatic heterocycles. The standard InChI is InChI=1S/C13H16ClNO2/c14-10-12(16)17-13(6-8-15-9-7-13)11-4-2-1-3-5-11/h1-5,15H,6-10H2. The van der Waals surface area contributed by atoms with Crippen molar-refractivity contribution in [3.05, 3.63) is 35.9 Å². The Morgan fingerprint density at radius 3 is 2.53 bits per heavy atom. The average Bonchev–Trinajstić information content (AvgIpc) is 2.40. The molecule has 0 radical (unpaired) electrons. The van der Waals surface area contributed by atoms with E-state index in [1.165, 1.54) is 0 Å². The van der Waals surface area contributed by atoms with Crippen molar-refractivity contribution in [3.63, 3.8) is 0 Å². The van der Waals surface area contributed by atoms with Crippen LogP contribution in [0.5, 0.6) is 0 Å². The van der Waals surface area contributed by atoms with Gasteiger partial charge in [-0.05, 0) is 18.7 Å². The highest BCUT2D eigenvalue weighted by Gasteiger charge is 2.37. The van der Waals surface area contributed by atoms with Crippen LogP contribution >= 0.6 is 11.6 Å². The number of carbonyl (C=O) groups is 1. The predicted octanol–water partition coefficient (Wildman–Crippen LogP) is 2.05. The number of benzene rings is 1. The number of nitrogens with one attached hydrogen (secondary N) is 1. The van der Waals surface area contributed by atoms with E-state index >= 15 is 0 Å². The number of halogens is 1. The summed E-state index contributed by atoms with van der Waals surface area (Å²) in [5, 5.41) is 3.28. The number of hydrogen-bond acceptors (Lipinski definition) is 3. The third-order valence-electron chi connectivity index (χ3n) is 3.13. The van der Waals surface area contributed by atoms with Gasteiger partial charge in [-0.2, -0.15) is 0 Å². The summed E-state index contributed by atoms with van der Waals surface area (Å²) < 4.78 is 5.60. The Bertz CT molecular complexity index is 374. The Kier molecular flexibility index (Phi) is 4.02. The van der Waals surface area contributed by atoms with Gasteiger partial charge in [-0.3, -0.25) is 4.79 Å². The summed E-state index contributed by atoms with van der Waals surface area (Å²) in [4.78, 5) is 11.5. The molecule has 2 rings (SSSR count). The summed E-state index contributed by atoms with van der Waals surface area (Å²) in [7, 11) is 0. The molecule has 3 nitrogen and oxygen atoms in total. The van der Waals surface area contributed by atoms with Crippen molar-refractivity contribution >= 4 is 17.6 Å². The van der Waals surface area contributed by atoms with Gasteiger partial charge in [-0.25, -0.2) is 0 Å². The zero-order valence-corrected chi connectivity index (χ0v) is 10.4. The monoisotopic (exact) mass is 253 g/mol. The van der Waals surface area contributed by atoms with Crippen LogP contribution in [-0.4, -0.2) is 24.9 Å². The van der Waals surface area contributed by atoms with Crippen molar-refractivity contribution in [2.24, 2.45) is 0 Å². The summed E-state index contributed by atoms with van der Waals surface area (Å²) in [6.45, 7) is 1.70. The molecular weight excluding hydrogens is 238 g/mol. The molecule has 92 valence electrons. The first-order valence-electron chi connectivity index (χ1n) is 5.81. The second-order valence-corrected chi connectivity index (χ2v) is 4.49. The third-order valence-corrected chi connectivity index (χ3v) is 3.35. The van der Waals surface area contributed by atoms with Crippen molar-refractivity contribution in [1.29, 1.82) is 0 Å². The van der Waals surface area contributed by atoms with E-state index in [-0.39, 0.29) is 11.8 Å². The second kappa shape index (κ2) is 5.52. The van der Waals surface area contributed by atoms with E-state index in [1.54, 1.807) is 0 Å². The van der Waals surface area contributed by atoms with Gasteiger partial charge in [0.1, 0.15) is 11.5 Å². The van der Waals surface area contributed by atoms with Gasteiger partial charge in [-0.1, -0.05) is 30.3 Å². The largest absolute Gasteiger partial charge is 0.453 e. The molecule has 1 aromatic carbocycles. The summed E-state index contributed by atoms with van der Waals surface area (Å²) >= 11 is 5.53. The van der Waals surface area contributed by atoms with Crippen molar-refractivity contribution in [2.45, 2.75) is 18.4 Å². The highest BCUT2D eigenvalue weighted by molar-refractivity contribution is 6.26. The molecule has 0 atom stereocenters. The molecule has 0 aliphatic carbocycles. The molecule has 1 aromatic rings. The highest BCUT2D eigenvalue weighted by Crippen LogP contribution is 2.34. The minimum Gasteiger partial charge on any atom is -0.453 e. The zero-order chi connectivity index (χ0) is 12.1. The number of alkyl halides is 1. The van der Waals surface area contributed by atoms with Crippen LogP contribution in [-0.2, 0) is 15.1 Å². The molecule has 17 heavy (non-hydrogen) atoms. The summed E-state index contributed by atoms with van der Waals surface area (Å²) in [6.07, 6.45) is 1.58. The first-order valence-corrected chi connectivity index (χ1v) is 6.34. The summed E-state index contributed by atoms with van der Waals surface area (Å²) in [6, 6.07) is 9.91. The Balaban J connectivity index is 2.26. The van der Waals surface area contributed by atoms with Crippen molar-refractivity contribution in [1.82, 2.24) is 5.32 Å². The molecule has 1 aliphatic heterocycles. The predicted molar refractivity (Wildman–Crippen MR) is 67.0 cm³/mol. The lowest BCUT2D eigenvalue weighted by molar-refractivity contribution is -0.161. The van der Waals surface area contributed by atoms with Crippen LogP contribution in [0.1, 0.15) is 18.4 Å². The van der Waals surface area contributed by atoms with Crippen LogP contribution in [0.4, 0.5) is 0 Å². The van der Waals surface area contributed by atoms with Gasteiger partial charge >= 0.3 is 5.97 Å². The fourth-order valence-electron chi connectivity index (χ4n) is 2.27. The lowest BCUT2D eigenvalue weighted by Crippen LogP contribution is -2.43. The lowest BCUT2D eigenvalue weighted by atomic mass is 9.85. The van der Waals surface area contributed by atoms with Crippen LogP contribution in [0.3, 0.4) is 0 Å². The van der Waals surface area contributed by atoms with Gasteiger partial charge < -0.3 is 10.1 Å². The van der Waals surface area contributed by atoms with E-state index in [4.69, 9.17) is 16.3 Å². The first kappa shape index (κ1) is 12.4. The number of hydrogen-bond donors (Lipinski definition) is 1. The van der Waals surface area contributed by atoms with E-state index in [9.17, 15) is 4.79 Å². The smallest absolute Gasteiger partial charge is 0.321 e. The third kappa shape index (κ3) is 2.79. The fraction of sp³-hybridized carbons (Fsp3) is 0.462. The van der Waals surface area contributed by atoms with Crippen molar-refractivity contribution in [2.75, 3.05) is 19.0 Å². The van der Waals surface area contributed by atoms with Gasteiger partial charge in [0.25, 0.3) is 0 Å². The molecule has 1 saturated heterocycles. The Hall–Kier alpha value is -1.06. The Labute approximate surface area is 106 Å². The molecule has 0 unspecified atom stereocenters. The molecule has 0 amide bonds. The minimum absolute atomic E-state index is 0.0952. The minimum atomic E-state index is -0.502. The van der Waals surface area contributed by atoms with Crippen LogP contribution in [0.15, 0.2) is 30.3 Å². The van der Waals surface area contributed by atoms with Gasteiger partial charge in [0.05, 0.1) is 0 Å². The van der Waals surface area contributed by atoms with E-state index in [0.717, 1.165) is 31.5 Å². The quantitative estimate of drug-likeness (QED) is 0.662. The van der Waals surface area contributed by atoms with Crippen molar-refractivity contribution in [3.8, 4) is 0 Å². The molecule has 0 bridgehead atoms. The number of ether oxygens (including phenoxy) is 1. The maximum absolute atomic E-state index is 11.5. The molecule has 1 fully saturated rings. The van der Waals surface area contributed by atoms with Crippen LogP contribution < -0.4 is 5.32 Å². The van der Waals surface area contributed by atoms with E-state index in [0.29, 0.717) is 0 Å². The van der Waals surface area contributed by atoms with Gasteiger partial charge in [-0.15, -0.1) is 11.6 Å². The second-order valence-electron chi connectivity index (χ2n) is 4.22. The molecule has 0 saturated carbocycles. The Morgan fingerprint density at radius 2 is 1.94 bits per heavy atom. The van der Waals surface area contributed by atoms with Gasteiger partial charge in [0, 0.05) is 12.8 Å². The maximum atomic E-state index is 11.5. The normalized spacial score (nSPS) is 18.6. The molecule has 1 N–H and O–H groups in total. The lowest BCUT2D eigenvalue weighted by Gasteiger charge is -2.37. The van der Waals surface area contributed by atoms with E-state index in [2.05, 4.69) is 5.32 Å². The summed E-state index contributed by atoms with van der Waals surface area (Å²) in [5.74, 6) is -0.445. The number of piperidine rings is 1. The molecule has 1 aliphatic rings. The number of rotatable bonds is 3. The molecular formula is C13H16ClNO2. The van der Waals surface area contributed by atoms with Crippen LogP contribution in [0.2, 0.25) is 0 Å². The molecule has 0 spiro atoms. The SMILES string of the molecule is O=C(CCl)OC1(c2ccccc2)CCNCC1. The number of carbonyl (C=O) groups excluding carboxylic acids is 1. The molecule has 1 heterocycles. The topological polar surface area (TPSA) is 38.3 Å². The van der Waals surface area contributed by atoms with Crippen molar-refractivity contribution < 1.29 is 9.53 Å². The zero-order valence-electron chi connectivity index (χ0n) is 9.62. The average molecular weight is 254 g/mol. The first-order chi connectivity index (χ1) is 8.27.